The summed E-state index contributed by atoms with van der Waals surface area (Å²) >= 11 is 0. The summed E-state index contributed by atoms with van der Waals surface area (Å²) < 4.78 is 11.0. The Balaban J connectivity index is 3.24. The lowest BCUT2D eigenvalue weighted by Crippen LogP contribution is -2.11. The Morgan fingerprint density at radius 2 is 1.23 bits per heavy atom. The minimum Gasteiger partial charge on any atom is -0.489 e. The van der Waals surface area contributed by atoms with E-state index in [-0.39, 0.29) is 22.6 Å². The fraction of sp³-hybridized carbons (Fsp3) is 0.500. The molecule has 0 spiro atoms. The Bertz CT molecular complexity index is 477. The first kappa shape index (κ1) is 17.8. The van der Waals surface area contributed by atoms with E-state index >= 15 is 0 Å². The Kier molecular flexibility index (Phi) is 7.22. The molecular formula is C16H22O6. The molecule has 0 heterocycles. The maximum absolute atomic E-state index is 11.3. The van der Waals surface area contributed by atoms with Crippen molar-refractivity contribution in [3.63, 3.8) is 0 Å². The van der Waals surface area contributed by atoms with Crippen LogP contribution < -0.4 is 9.47 Å². The second-order valence-electron chi connectivity index (χ2n) is 4.83. The molecule has 6 nitrogen and oxygen atoms in total. The molecule has 0 radical (unpaired) electrons. The monoisotopic (exact) mass is 310 g/mol. The highest BCUT2D eigenvalue weighted by atomic mass is 16.5. The number of ether oxygens (including phenoxy) is 2. The van der Waals surface area contributed by atoms with Crippen LogP contribution in [0, 0.1) is 0 Å². The van der Waals surface area contributed by atoms with Crippen molar-refractivity contribution < 1.29 is 29.3 Å². The van der Waals surface area contributed by atoms with Gasteiger partial charge in [0, 0.05) is 0 Å². The van der Waals surface area contributed by atoms with Crippen LogP contribution in [-0.2, 0) is 0 Å². The average Bonchev–Trinajstić information content (AvgIpc) is 2.47. The van der Waals surface area contributed by atoms with Crippen LogP contribution in [0.15, 0.2) is 12.1 Å². The summed E-state index contributed by atoms with van der Waals surface area (Å²) in [7, 11) is 0. The fourth-order valence-electron chi connectivity index (χ4n) is 1.82. The third-order valence-electron chi connectivity index (χ3n) is 3.06. The van der Waals surface area contributed by atoms with E-state index in [1.54, 1.807) is 0 Å². The van der Waals surface area contributed by atoms with E-state index in [0.717, 1.165) is 25.7 Å². The van der Waals surface area contributed by atoms with Crippen LogP contribution in [0.4, 0.5) is 0 Å². The molecule has 0 aromatic heterocycles. The largest absolute Gasteiger partial charge is 0.489 e. The van der Waals surface area contributed by atoms with Crippen molar-refractivity contribution in [2.24, 2.45) is 0 Å². The topological polar surface area (TPSA) is 93.1 Å². The van der Waals surface area contributed by atoms with Gasteiger partial charge >= 0.3 is 11.9 Å². The van der Waals surface area contributed by atoms with Gasteiger partial charge in [-0.1, -0.05) is 26.7 Å². The van der Waals surface area contributed by atoms with Crippen molar-refractivity contribution >= 4 is 11.9 Å². The van der Waals surface area contributed by atoms with E-state index in [1.165, 1.54) is 12.1 Å². The zero-order valence-electron chi connectivity index (χ0n) is 12.9. The molecule has 122 valence electrons. The predicted molar refractivity (Wildman–Crippen MR) is 81.2 cm³/mol. The van der Waals surface area contributed by atoms with Crippen molar-refractivity contribution in [3.8, 4) is 11.5 Å². The summed E-state index contributed by atoms with van der Waals surface area (Å²) in [4.78, 5) is 22.7. The van der Waals surface area contributed by atoms with Gasteiger partial charge in [-0.15, -0.1) is 0 Å². The Labute approximate surface area is 129 Å². The lowest BCUT2D eigenvalue weighted by Gasteiger charge is -2.16. The molecule has 0 aliphatic carbocycles. The van der Waals surface area contributed by atoms with Gasteiger partial charge in [0.05, 0.1) is 13.2 Å². The van der Waals surface area contributed by atoms with Crippen LogP contribution in [-0.4, -0.2) is 35.4 Å². The van der Waals surface area contributed by atoms with Crippen molar-refractivity contribution in [2.45, 2.75) is 39.5 Å². The molecule has 1 aromatic rings. The van der Waals surface area contributed by atoms with Crippen LogP contribution in [0.2, 0.25) is 0 Å². The summed E-state index contributed by atoms with van der Waals surface area (Å²) in [5, 5.41) is 18.5. The summed E-state index contributed by atoms with van der Waals surface area (Å²) in [5.41, 5.74) is -0.180. The zero-order chi connectivity index (χ0) is 16.5. The van der Waals surface area contributed by atoms with Gasteiger partial charge in [0.1, 0.15) is 11.1 Å². The van der Waals surface area contributed by atoms with Crippen molar-refractivity contribution in [2.75, 3.05) is 13.2 Å². The van der Waals surface area contributed by atoms with Crippen molar-refractivity contribution in [1.82, 2.24) is 0 Å². The summed E-state index contributed by atoms with van der Waals surface area (Å²) in [5.74, 6) is -2.36. The first-order valence-corrected chi connectivity index (χ1v) is 7.42. The highest BCUT2D eigenvalue weighted by Crippen LogP contribution is 2.36. The van der Waals surface area contributed by atoms with E-state index in [4.69, 9.17) is 9.47 Å². The second-order valence-corrected chi connectivity index (χ2v) is 4.83. The molecule has 0 aliphatic heterocycles. The van der Waals surface area contributed by atoms with Crippen molar-refractivity contribution in [1.29, 1.82) is 0 Å². The van der Waals surface area contributed by atoms with E-state index in [1.807, 2.05) is 13.8 Å². The average molecular weight is 310 g/mol. The Morgan fingerprint density at radius 1 is 0.864 bits per heavy atom. The molecule has 0 saturated heterocycles. The van der Waals surface area contributed by atoms with Crippen LogP contribution in [0.5, 0.6) is 11.5 Å². The van der Waals surface area contributed by atoms with E-state index in [9.17, 15) is 19.8 Å². The summed E-state index contributed by atoms with van der Waals surface area (Å²) in [6.45, 7) is 4.58. The Hall–Kier alpha value is -2.24. The number of unbranched alkanes of at least 4 members (excludes halogenated alkanes) is 2. The minimum absolute atomic E-state index is 0.00282. The smallest absolute Gasteiger partial charge is 0.339 e. The third kappa shape index (κ3) is 4.65. The first-order valence-electron chi connectivity index (χ1n) is 7.42. The molecule has 0 unspecified atom stereocenters. The maximum atomic E-state index is 11.3. The standard InChI is InChI=1S/C16H22O6/c1-3-5-9-21-13-11(15(17)18)7-8-12(16(19)20)14(13)22-10-6-4-2/h7-8H,3-6,9-10H2,1-2H3,(H,17,18)(H,19,20). The van der Waals surface area contributed by atoms with Crippen LogP contribution in [0.3, 0.4) is 0 Å². The molecule has 0 amide bonds. The molecular weight excluding hydrogens is 288 g/mol. The zero-order valence-corrected chi connectivity index (χ0v) is 12.9. The maximum Gasteiger partial charge on any atom is 0.339 e. The fourth-order valence-corrected chi connectivity index (χ4v) is 1.82. The quantitative estimate of drug-likeness (QED) is 0.643. The van der Waals surface area contributed by atoms with Crippen LogP contribution in [0.1, 0.15) is 60.2 Å². The molecule has 0 fully saturated rings. The van der Waals surface area contributed by atoms with Gasteiger partial charge in [0.2, 0.25) is 0 Å². The Morgan fingerprint density at radius 3 is 1.50 bits per heavy atom. The molecule has 6 heteroatoms. The number of carboxylic acids is 2. The third-order valence-corrected chi connectivity index (χ3v) is 3.06. The molecule has 1 aromatic carbocycles. The number of hydrogen-bond donors (Lipinski definition) is 2. The van der Waals surface area contributed by atoms with Gasteiger partial charge < -0.3 is 19.7 Å². The van der Waals surface area contributed by atoms with Crippen molar-refractivity contribution in [3.05, 3.63) is 23.3 Å². The number of hydrogen-bond acceptors (Lipinski definition) is 4. The summed E-state index contributed by atoms with van der Waals surface area (Å²) in [6, 6.07) is 2.47. The van der Waals surface area contributed by atoms with Gasteiger partial charge in [0.15, 0.2) is 11.5 Å². The summed E-state index contributed by atoms with van der Waals surface area (Å²) in [6.07, 6.45) is 3.25. The molecule has 0 aliphatic rings. The number of benzene rings is 1. The number of carbonyl (C=O) groups is 2. The molecule has 2 N–H and O–H groups in total. The normalized spacial score (nSPS) is 10.3. The van der Waals surface area contributed by atoms with E-state index in [2.05, 4.69) is 0 Å². The molecule has 0 bridgehead atoms. The molecule has 1 rings (SSSR count). The number of rotatable bonds is 10. The van der Waals surface area contributed by atoms with Crippen LogP contribution in [0.25, 0.3) is 0 Å². The second kappa shape index (κ2) is 8.92. The predicted octanol–water partition coefficient (Wildman–Crippen LogP) is 3.44. The minimum atomic E-state index is -1.18. The number of aromatic carboxylic acids is 2. The first-order chi connectivity index (χ1) is 10.5. The molecule has 0 saturated carbocycles. The van der Waals surface area contributed by atoms with Crippen LogP contribution >= 0.6 is 0 Å². The van der Waals surface area contributed by atoms with E-state index < -0.39 is 11.9 Å². The SMILES string of the molecule is CCCCOc1c(C(=O)O)ccc(C(=O)O)c1OCCCC. The van der Waals surface area contributed by atoms with Gasteiger partial charge in [-0.2, -0.15) is 0 Å². The lowest BCUT2D eigenvalue weighted by atomic mass is 10.1. The van der Waals surface area contributed by atoms with Gasteiger partial charge in [-0.25, -0.2) is 9.59 Å². The molecule has 22 heavy (non-hydrogen) atoms. The highest BCUT2D eigenvalue weighted by molar-refractivity contribution is 5.98. The molecule has 0 atom stereocenters. The number of carboxylic acid groups (broad SMARTS) is 2. The lowest BCUT2D eigenvalue weighted by molar-refractivity contribution is 0.0671. The van der Waals surface area contributed by atoms with E-state index in [0.29, 0.717) is 13.2 Å². The van der Waals surface area contributed by atoms with Gasteiger partial charge in [0.25, 0.3) is 0 Å². The van der Waals surface area contributed by atoms with Gasteiger partial charge in [-0.3, -0.25) is 0 Å². The van der Waals surface area contributed by atoms with Gasteiger partial charge in [-0.05, 0) is 25.0 Å². The highest BCUT2D eigenvalue weighted by Gasteiger charge is 2.23.